The first-order valence-corrected chi connectivity index (χ1v) is 8.36. The van der Waals surface area contributed by atoms with E-state index in [0.29, 0.717) is 13.0 Å². The summed E-state index contributed by atoms with van der Waals surface area (Å²) in [5.41, 5.74) is 3.24. The van der Waals surface area contributed by atoms with Crippen LogP contribution in [0.5, 0.6) is 0 Å². The highest BCUT2D eigenvalue weighted by Crippen LogP contribution is 2.21. The molecule has 3 heteroatoms. The van der Waals surface area contributed by atoms with Gasteiger partial charge in [-0.1, -0.05) is 68.4 Å². The van der Waals surface area contributed by atoms with E-state index in [0.717, 1.165) is 16.7 Å². The number of ether oxygens (including phenoxy) is 1. The standard InChI is InChI=1S/C21H24O3/c1-4-24-21(23)16(3)15(2)20(22)14-17-10-12-19(13-11-17)18-8-6-5-7-9-18/h5-13,15-16H,4,14H2,1-3H3. The fraction of sp³-hybridized carbons (Fsp3) is 0.333. The summed E-state index contributed by atoms with van der Waals surface area (Å²) in [6.07, 6.45) is 0.333. The van der Waals surface area contributed by atoms with Gasteiger partial charge in [-0.25, -0.2) is 0 Å². The van der Waals surface area contributed by atoms with E-state index >= 15 is 0 Å². The third-order valence-corrected chi connectivity index (χ3v) is 4.36. The van der Waals surface area contributed by atoms with Gasteiger partial charge in [0.15, 0.2) is 0 Å². The molecule has 0 N–H and O–H groups in total. The number of Topliss-reactive ketones (excluding diaryl/α,β-unsaturated/α-hetero) is 1. The zero-order chi connectivity index (χ0) is 17.5. The maximum absolute atomic E-state index is 12.4. The van der Waals surface area contributed by atoms with Crippen molar-refractivity contribution in [1.29, 1.82) is 0 Å². The van der Waals surface area contributed by atoms with Crippen molar-refractivity contribution in [2.75, 3.05) is 6.61 Å². The smallest absolute Gasteiger partial charge is 0.309 e. The van der Waals surface area contributed by atoms with Crippen LogP contribution in [-0.2, 0) is 20.7 Å². The van der Waals surface area contributed by atoms with Crippen molar-refractivity contribution >= 4 is 11.8 Å². The molecule has 2 atom stereocenters. The third-order valence-electron chi connectivity index (χ3n) is 4.36. The molecule has 2 aromatic rings. The normalized spacial score (nSPS) is 13.1. The average molecular weight is 324 g/mol. The molecule has 126 valence electrons. The Morgan fingerprint density at radius 3 is 2.04 bits per heavy atom. The molecule has 24 heavy (non-hydrogen) atoms. The van der Waals surface area contributed by atoms with E-state index < -0.39 is 5.92 Å². The Kier molecular flexibility index (Phi) is 6.30. The predicted octanol–water partition coefficient (Wildman–Crippen LogP) is 4.30. The Labute approximate surface area is 143 Å². The van der Waals surface area contributed by atoms with Crippen LogP contribution < -0.4 is 0 Å². The molecule has 2 rings (SSSR count). The lowest BCUT2D eigenvalue weighted by Crippen LogP contribution is -2.28. The van der Waals surface area contributed by atoms with Crippen molar-refractivity contribution < 1.29 is 14.3 Å². The van der Waals surface area contributed by atoms with Crippen LogP contribution in [0.15, 0.2) is 54.6 Å². The maximum Gasteiger partial charge on any atom is 0.309 e. The minimum atomic E-state index is -0.416. The number of carbonyl (C=O) groups excluding carboxylic acids is 2. The van der Waals surface area contributed by atoms with Gasteiger partial charge >= 0.3 is 5.97 Å². The fourth-order valence-electron chi connectivity index (χ4n) is 2.56. The molecule has 0 saturated heterocycles. The molecule has 0 heterocycles. The van der Waals surface area contributed by atoms with Crippen LogP contribution in [0.3, 0.4) is 0 Å². The van der Waals surface area contributed by atoms with Gasteiger partial charge in [0.1, 0.15) is 5.78 Å². The second-order valence-electron chi connectivity index (χ2n) is 6.04. The SMILES string of the molecule is CCOC(=O)C(C)C(C)C(=O)Cc1ccc(-c2ccccc2)cc1. The number of hydrogen-bond donors (Lipinski definition) is 0. The molecule has 3 nitrogen and oxygen atoms in total. The summed E-state index contributed by atoms with van der Waals surface area (Å²) in [5.74, 6) is -1.01. The lowest BCUT2D eigenvalue weighted by Gasteiger charge is -2.17. The van der Waals surface area contributed by atoms with Crippen molar-refractivity contribution in [3.05, 3.63) is 60.2 Å². The van der Waals surface area contributed by atoms with Gasteiger partial charge in [0, 0.05) is 12.3 Å². The van der Waals surface area contributed by atoms with Crippen molar-refractivity contribution in [3.8, 4) is 11.1 Å². The molecule has 0 bridgehead atoms. The lowest BCUT2D eigenvalue weighted by atomic mass is 9.88. The van der Waals surface area contributed by atoms with E-state index in [-0.39, 0.29) is 17.7 Å². The van der Waals surface area contributed by atoms with E-state index in [1.165, 1.54) is 0 Å². The second-order valence-corrected chi connectivity index (χ2v) is 6.04. The molecule has 0 aromatic heterocycles. The van der Waals surface area contributed by atoms with E-state index in [4.69, 9.17) is 4.74 Å². The van der Waals surface area contributed by atoms with Gasteiger partial charge in [0.2, 0.25) is 0 Å². The maximum atomic E-state index is 12.4. The largest absolute Gasteiger partial charge is 0.466 e. The first-order valence-electron chi connectivity index (χ1n) is 8.36. The molecule has 0 radical (unpaired) electrons. The number of carbonyl (C=O) groups is 2. The van der Waals surface area contributed by atoms with Gasteiger partial charge in [0.05, 0.1) is 12.5 Å². The van der Waals surface area contributed by atoms with E-state index in [1.54, 1.807) is 20.8 Å². The number of benzene rings is 2. The monoisotopic (exact) mass is 324 g/mol. The number of esters is 1. The molecule has 0 fully saturated rings. The van der Waals surface area contributed by atoms with Gasteiger partial charge in [0.25, 0.3) is 0 Å². The zero-order valence-corrected chi connectivity index (χ0v) is 14.5. The molecule has 0 aliphatic rings. The van der Waals surface area contributed by atoms with Crippen molar-refractivity contribution in [2.45, 2.75) is 27.2 Å². The minimum Gasteiger partial charge on any atom is -0.466 e. The van der Waals surface area contributed by atoms with E-state index in [1.807, 2.05) is 42.5 Å². The summed E-state index contributed by atoms with van der Waals surface area (Å²) in [7, 11) is 0. The van der Waals surface area contributed by atoms with Crippen molar-refractivity contribution in [1.82, 2.24) is 0 Å². The van der Waals surface area contributed by atoms with Crippen LogP contribution in [0.2, 0.25) is 0 Å². The van der Waals surface area contributed by atoms with Crippen LogP contribution in [0.25, 0.3) is 11.1 Å². The fourth-order valence-corrected chi connectivity index (χ4v) is 2.56. The highest BCUT2D eigenvalue weighted by atomic mass is 16.5. The first-order chi connectivity index (χ1) is 11.5. The van der Waals surface area contributed by atoms with Gasteiger partial charge in [-0.3, -0.25) is 9.59 Å². The molecular formula is C21H24O3. The summed E-state index contributed by atoms with van der Waals surface area (Å²) in [5, 5.41) is 0. The van der Waals surface area contributed by atoms with Gasteiger partial charge in [-0.15, -0.1) is 0 Å². The topological polar surface area (TPSA) is 43.4 Å². The van der Waals surface area contributed by atoms with Gasteiger partial charge in [-0.05, 0) is 23.6 Å². The summed E-state index contributed by atoms with van der Waals surface area (Å²) in [4.78, 5) is 24.2. The van der Waals surface area contributed by atoms with Crippen LogP contribution >= 0.6 is 0 Å². The molecule has 0 amide bonds. The molecular weight excluding hydrogens is 300 g/mol. The Morgan fingerprint density at radius 2 is 1.46 bits per heavy atom. The highest BCUT2D eigenvalue weighted by molar-refractivity contribution is 5.87. The summed E-state index contributed by atoms with van der Waals surface area (Å²) < 4.78 is 5.00. The first kappa shape index (κ1) is 17.9. The average Bonchev–Trinajstić information content (AvgIpc) is 2.62. The minimum absolute atomic E-state index is 0.0583. The van der Waals surface area contributed by atoms with Gasteiger partial charge in [-0.2, -0.15) is 0 Å². The summed E-state index contributed by atoms with van der Waals surface area (Å²) >= 11 is 0. The Morgan fingerprint density at radius 1 is 0.875 bits per heavy atom. The third kappa shape index (κ3) is 4.54. The molecule has 0 aliphatic heterocycles. The van der Waals surface area contributed by atoms with E-state index in [2.05, 4.69) is 12.1 Å². The Hall–Kier alpha value is -2.42. The highest BCUT2D eigenvalue weighted by Gasteiger charge is 2.26. The van der Waals surface area contributed by atoms with Crippen molar-refractivity contribution in [2.24, 2.45) is 11.8 Å². The van der Waals surface area contributed by atoms with Crippen LogP contribution in [0, 0.1) is 11.8 Å². The zero-order valence-electron chi connectivity index (χ0n) is 14.5. The summed E-state index contributed by atoms with van der Waals surface area (Å²) in [6, 6.07) is 18.1. The molecule has 2 unspecified atom stereocenters. The number of ketones is 1. The molecule has 0 saturated carbocycles. The predicted molar refractivity (Wildman–Crippen MR) is 95.6 cm³/mol. The second kappa shape index (κ2) is 8.44. The molecule has 0 aliphatic carbocycles. The lowest BCUT2D eigenvalue weighted by molar-refractivity contribution is -0.151. The Bertz CT molecular complexity index is 674. The van der Waals surface area contributed by atoms with Crippen molar-refractivity contribution in [3.63, 3.8) is 0 Å². The number of hydrogen-bond acceptors (Lipinski definition) is 3. The number of rotatable bonds is 7. The van der Waals surface area contributed by atoms with Crippen LogP contribution in [0.4, 0.5) is 0 Å². The molecule has 0 spiro atoms. The van der Waals surface area contributed by atoms with Crippen LogP contribution in [-0.4, -0.2) is 18.4 Å². The Balaban J connectivity index is 2.00. The van der Waals surface area contributed by atoms with E-state index in [9.17, 15) is 9.59 Å². The summed E-state index contributed by atoms with van der Waals surface area (Å²) in [6.45, 7) is 5.65. The van der Waals surface area contributed by atoms with Gasteiger partial charge < -0.3 is 4.74 Å². The van der Waals surface area contributed by atoms with Crippen LogP contribution in [0.1, 0.15) is 26.3 Å². The quantitative estimate of drug-likeness (QED) is 0.713. The molecule has 2 aromatic carbocycles.